The second-order valence-corrected chi connectivity index (χ2v) is 6.74. The first kappa shape index (κ1) is 18.2. The Morgan fingerprint density at radius 2 is 2.23 bits per heavy atom. The molecule has 7 nitrogen and oxygen atoms in total. The van der Waals surface area contributed by atoms with Crippen molar-refractivity contribution >= 4 is 23.3 Å². The van der Waals surface area contributed by atoms with Gasteiger partial charge in [-0.05, 0) is 48.5 Å². The lowest BCUT2D eigenvalue weighted by Crippen LogP contribution is -2.48. The zero-order valence-corrected chi connectivity index (χ0v) is 15.5. The average Bonchev–Trinajstić information content (AvgIpc) is 3.27. The second-order valence-electron chi connectivity index (χ2n) is 5.96. The van der Waals surface area contributed by atoms with E-state index in [0.29, 0.717) is 30.1 Å². The summed E-state index contributed by atoms with van der Waals surface area (Å²) in [6.45, 7) is 3.10. The van der Waals surface area contributed by atoms with Crippen molar-refractivity contribution in [2.75, 3.05) is 20.2 Å². The maximum Gasteiger partial charge on any atom is 0.338 e. The van der Waals surface area contributed by atoms with Crippen LogP contribution in [-0.2, 0) is 16.1 Å². The zero-order valence-electron chi connectivity index (χ0n) is 14.7. The van der Waals surface area contributed by atoms with E-state index in [1.54, 1.807) is 30.4 Å². The van der Waals surface area contributed by atoms with Crippen LogP contribution in [0.5, 0.6) is 0 Å². The van der Waals surface area contributed by atoms with E-state index in [2.05, 4.69) is 22.1 Å². The van der Waals surface area contributed by atoms with Gasteiger partial charge in [0, 0.05) is 18.8 Å². The Morgan fingerprint density at radius 3 is 2.88 bits per heavy atom. The van der Waals surface area contributed by atoms with E-state index >= 15 is 0 Å². The van der Waals surface area contributed by atoms with E-state index in [9.17, 15) is 9.59 Å². The molecule has 1 atom stereocenters. The van der Waals surface area contributed by atoms with Gasteiger partial charge in [0.1, 0.15) is 11.8 Å². The number of nitrogens with one attached hydrogen (secondary N) is 2. The van der Waals surface area contributed by atoms with Crippen LogP contribution in [0.15, 0.2) is 50.9 Å². The summed E-state index contributed by atoms with van der Waals surface area (Å²) in [5.41, 5.74) is 2.06. The van der Waals surface area contributed by atoms with Crippen LogP contribution in [0.3, 0.4) is 0 Å². The van der Waals surface area contributed by atoms with Crippen LogP contribution < -0.4 is 10.6 Å². The number of likely N-dealkylation sites (N-methyl/N-ethyl adjacent to an activating group) is 1. The molecule has 8 heteroatoms. The van der Waals surface area contributed by atoms with Gasteiger partial charge in [-0.1, -0.05) is 0 Å². The van der Waals surface area contributed by atoms with Crippen molar-refractivity contribution < 1.29 is 18.7 Å². The van der Waals surface area contributed by atoms with Gasteiger partial charge in [0.05, 0.1) is 18.4 Å². The maximum atomic E-state index is 12.6. The van der Waals surface area contributed by atoms with Gasteiger partial charge in [0.2, 0.25) is 0 Å². The molecule has 0 saturated heterocycles. The number of nitrogens with zero attached hydrogens (tertiary/aromatic N) is 1. The summed E-state index contributed by atoms with van der Waals surface area (Å²) in [7, 11) is 1.93. The first-order valence-electron chi connectivity index (χ1n) is 8.29. The summed E-state index contributed by atoms with van der Waals surface area (Å²) in [6.07, 6.45) is 1.51. The smallest absolute Gasteiger partial charge is 0.338 e. The highest BCUT2D eigenvalue weighted by molar-refractivity contribution is 7.07. The van der Waals surface area contributed by atoms with E-state index in [4.69, 9.17) is 9.15 Å². The van der Waals surface area contributed by atoms with Crippen LogP contribution in [-0.4, -0.2) is 37.1 Å². The molecule has 2 aromatic heterocycles. The summed E-state index contributed by atoms with van der Waals surface area (Å²) in [4.78, 5) is 26.8. The van der Waals surface area contributed by atoms with Crippen molar-refractivity contribution in [3.8, 4) is 0 Å². The third-order valence-electron chi connectivity index (χ3n) is 3.94. The number of esters is 1. The van der Waals surface area contributed by atoms with Crippen molar-refractivity contribution in [1.82, 2.24) is 15.5 Å². The molecule has 1 aliphatic heterocycles. The normalized spacial score (nSPS) is 17.2. The fraction of sp³-hybridized carbons (Fsp3) is 0.333. The maximum absolute atomic E-state index is 12.6. The number of amides is 2. The van der Waals surface area contributed by atoms with E-state index in [-0.39, 0.29) is 12.6 Å². The molecule has 2 aromatic rings. The van der Waals surface area contributed by atoms with Crippen LogP contribution in [0.2, 0.25) is 0 Å². The Labute approximate surface area is 155 Å². The topological polar surface area (TPSA) is 83.8 Å². The molecule has 0 bridgehead atoms. The molecule has 0 spiro atoms. The zero-order chi connectivity index (χ0) is 18.5. The van der Waals surface area contributed by atoms with Crippen LogP contribution in [0, 0.1) is 0 Å². The quantitative estimate of drug-likeness (QED) is 0.727. The lowest BCUT2D eigenvalue weighted by atomic mass is 10.00. The number of carbonyl (C=O) groups is 2. The summed E-state index contributed by atoms with van der Waals surface area (Å²) >= 11 is 1.63. The predicted molar refractivity (Wildman–Crippen MR) is 97.4 cm³/mol. The van der Waals surface area contributed by atoms with Crippen LogP contribution in [0.25, 0.3) is 0 Å². The number of carbonyl (C=O) groups excluding carboxylic acids is 2. The summed E-state index contributed by atoms with van der Waals surface area (Å²) in [6, 6.07) is 4.44. The molecule has 0 aliphatic carbocycles. The summed E-state index contributed by atoms with van der Waals surface area (Å²) in [5.74, 6) is 0.0150. The van der Waals surface area contributed by atoms with Crippen molar-refractivity contribution in [2.24, 2.45) is 0 Å². The lowest BCUT2D eigenvalue weighted by Gasteiger charge is -2.29. The molecule has 3 heterocycles. The van der Waals surface area contributed by atoms with Crippen molar-refractivity contribution in [1.29, 1.82) is 0 Å². The first-order chi connectivity index (χ1) is 12.6. The van der Waals surface area contributed by atoms with Crippen LogP contribution in [0.4, 0.5) is 4.79 Å². The van der Waals surface area contributed by atoms with Gasteiger partial charge in [-0.2, -0.15) is 11.3 Å². The number of hydrogen-bond acceptors (Lipinski definition) is 6. The van der Waals surface area contributed by atoms with Crippen molar-refractivity contribution in [2.45, 2.75) is 19.5 Å². The lowest BCUT2D eigenvalue weighted by molar-refractivity contribution is -0.139. The van der Waals surface area contributed by atoms with E-state index in [1.807, 2.05) is 17.3 Å². The van der Waals surface area contributed by atoms with Gasteiger partial charge < -0.3 is 19.8 Å². The highest BCUT2D eigenvalue weighted by atomic mass is 32.1. The fourth-order valence-electron chi connectivity index (χ4n) is 2.88. The number of furan rings is 1. The standard InChI is InChI=1S/C18H21N3O4S/c1-3-24-17(22)15-13(10-21(2)9-12-6-8-26-11-12)19-18(23)20-16(15)14-5-4-7-25-14/h4-8,11,16H,3,9-10H2,1-2H3,(H2,19,20,23)/t16-/m0/s1. The minimum atomic E-state index is -0.678. The van der Waals surface area contributed by atoms with Gasteiger partial charge in [-0.25, -0.2) is 9.59 Å². The minimum Gasteiger partial charge on any atom is -0.467 e. The molecular weight excluding hydrogens is 354 g/mol. The SMILES string of the molecule is CCOC(=O)C1=C(CN(C)Cc2ccsc2)NC(=O)N[C@H]1c1ccco1. The molecule has 3 rings (SSSR count). The van der Waals surface area contributed by atoms with E-state index < -0.39 is 12.0 Å². The highest BCUT2D eigenvalue weighted by Gasteiger charge is 2.35. The summed E-state index contributed by atoms with van der Waals surface area (Å²) in [5, 5.41) is 9.59. The first-order valence-corrected chi connectivity index (χ1v) is 9.23. The number of rotatable bonds is 7. The van der Waals surface area contributed by atoms with E-state index in [1.165, 1.54) is 11.8 Å². The Bertz CT molecular complexity index is 783. The Kier molecular flexibility index (Phi) is 5.75. The highest BCUT2D eigenvalue weighted by Crippen LogP contribution is 2.28. The third-order valence-corrected chi connectivity index (χ3v) is 4.67. The molecule has 138 valence electrons. The molecule has 0 unspecified atom stereocenters. The monoisotopic (exact) mass is 375 g/mol. The van der Waals surface area contributed by atoms with Crippen molar-refractivity contribution in [3.05, 3.63) is 57.8 Å². The van der Waals surface area contributed by atoms with E-state index in [0.717, 1.165) is 0 Å². The number of hydrogen-bond donors (Lipinski definition) is 2. The van der Waals surface area contributed by atoms with Crippen molar-refractivity contribution in [3.63, 3.8) is 0 Å². The molecule has 1 aliphatic rings. The molecule has 26 heavy (non-hydrogen) atoms. The molecule has 0 aromatic carbocycles. The molecular formula is C18H21N3O4S. The molecule has 0 fully saturated rings. The minimum absolute atomic E-state index is 0.249. The van der Waals surface area contributed by atoms with Gasteiger partial charge in [-0.15, -0.1) is 0 Å². The fourth-order valence-corrected chi connectivity index (χ4v) is 3.54. The number of urea groups is 1. The van der Waals surface area contributed by atoms with Gasteiger partial charge in [-0.3, -0.25) is 4.90 Å². The summed E-state index contributed by atoms with van der Waals surface area (Å²) < 4.78 is 10.6. The molecule has 0 saturated carbocycles. The van der Waals surface area contributed by atoms with Gasteiger partial charge >= 0.3 is 12.0 Å². The van der Waals surface area contributed by atoms with Crippen LogP contribution >= 0.6 is 11.3 Å². The average molecular weight is 375 g/mol. The predicted octanol–water partition coefficient (Wildman–Crippen LogP) is 2.64. The molecule has 2 amide bonds. The van der Waals surface area contributed by atoms with Gasteiger partial charge in [0.25, 0.3) is 0 Å². The molecule has 0 radical (unpaired) electrons. The third kappa shape index (κ3) is 4.14. The largest absolute Gasteiger partial charge is 0.467 e. The Morgan fingerprint density at radius 1 is 1.38 bits per heavy atom. The second kappa shape index (κ2) is 8.20. The number of thiophene rings is 1. The van der Waals surface area contributed by atoms with Gasteiger partial charge in [0.15, 0.2) is 0 Å². The Balaban J connectivity index is 1.90. The number of ether oxygens (including phenoxy) is 1. The Hall–Kier alpha value is -2.58. The van der Waals surface area contributed by atoms with Crippen LogP contribution in [0.1, 0.15) is 24.3 Å². The molecule has 2 N–H and O–H groups in total.